The van der Waals surface area contributed by atoms with Gasteiger partial charge in [0.15, 0.2) is 0 Å². The lowest BCUT2D eigenvalue weighted by Gasteiger charge is -2.40. The average molecular weight is 275 g/mol. The maximum Gasteiger partial charge on any atom is 0.0782 e. The molecule has 2 saturated carbocycles. The molecule has 15 heavy (non-hydrogen) atoms. The van der Waals surface area contributed by atoms with Crippen molar-refractivity contribution in [2.45, 2.75) is 75.9 Å². The first kappa shape index (κ1) is 11.9. The van der Waals surface area contributed by atoms with Gasteiger partial charge in [-0.15, -0.1) is 0 Å². The molecule has 2 aliphatic carbocycles. The van der Waals surface area contributed by atoms with Crippen molar-refractivity contribution in [2.75, 3.05) is 5.33 Å². The van der Waals surface area contributed by atoms with Crippen LogP contribution in [-0.4, -0.2) is 17.0 Å². The smallest absolute Gasteiger partial charge is 0.0782 e. The first-order chi connectivity index (χ1) is 7.35. The van der Waals surface area contributed by atoms with Gasteiger partial charge in [-0.25, -0.2) is 0 Å². The van der Waals surface area contributed by atoms with Crippen LogP contribution in [-0.2, 0) is 4.74 Å². The molecule has 0 heterocycles. The van der Waals surface area contributed by atoms with E-state index in [1.165, 1.54) is 64.2 Å². The lowest BCUT2D eigenvalue weighted by Crippen LogP contribution is -2.41. The van der Waals surface area contributed by atoms with E-state index in [-0.39, 0.29) is 5.60 Å². The molecule has 0 unspecified atom stereocenters. The summed E-state index contributed by atoms with van der Waals surface area (Å²) in [4.78, 5) is 0. The van der Waals surface area contributed by atoms with Crippen LogP contribution in [0.4, 0.5) is 0 Å². The van der Waals surface area contributed by atoms with Crippen molar-refractivity contribution in [1.82, 2.24) is 0 Å². The number of rotatable bonds is 3. The summed E-state index contributed by atoms with van der Waals surface area (Å²) in [5.41, 5.74) is 0.195. The molecule has 1 nitrogen and oxygen atoms in total. The Morgan fingerprint density at radius 1 is 0.933 bits per heavy atom. The fourth-order valence-corrected chi connectivity index (χ4v) is 3.71. The minimum atomic E-state index is 0.195. The van der Waals surface area contributed by atoms with Gasteiger partial charge >= 0.3 is 0 Å². The Hall–Kier alpha value is 0.440. The van der Waals surface area contributed by atoms with Crippen LogP contribution in [0, 0.1) is 0 Å². The Kier molecular flexibility index (Phi) is 4.51. The summed E-state index contributed by atoms with van der Waals surface area (Å²) in [7, 11) is 0. The topological polar surface area (TPSA) is 9.23 Å². The van der Waals surface area contributed by atoms with E-state index in [1.807, 2.05) is 0 Å². The van der Waals surface area contributed by atoms with Gasteiger partial charge in [0.05, 0.1) is 11.7 Å². The summed E-state index contributed by atoms with van der Waals surface area (Å²) in [6.07, 6.45) is 14.0. The van der Waals surface area contributed by atoms with Crippen molar-refractivity contribution >= 4 is 15.9 Å². The Bertz CT molecular complexity index is 181. The minimum Gasteiger partial charge on any atom is -0.371 e. The molecule has 0 amide bonds. The Morgan fingerprint density at radius 2 is 1.53 bits per heavy atom. The zero-order chi connectivity index (χ0) is 10.6. The van der Waals surface area contributed by atoms with Crippen LogP contribution in [0.3, 0.4) is 0 Å². The summed E-state index contributed by atoms with van der Waals surface area (Å²) in [5.74, 6) is 0. The van der Waals surface area contributed by atoms with Gasteiger partial charge < -0.3 is 4.74 Å². The zero-order valence-corrected chi connectivity index (χ0v) is 11.2. The highest BCUT2D eigenvalue weighted by atomic mass is 79.9. The molecule has 0 aromatic heterocycles. The maximum absolute atomic E-state index is 6.42. The predicted octanol–water partition coefficient (Wildman–Crippen LogP) is 4.43. The van der Waals surface area contributed by atoms with E-state index in [4.69, 9.17) is 4.74 Å². The number of ether oxygens (including phenoxy) is 1. The van der Waals surface area contributed by atoms with Gasteiger partial charge in [0.2, 0.25) is 0 Å². The first-order valence-electron chi connectivity index (χ1n) is 6.58. The molecule has 0 atom stereocenters. The first-order valence-corrected chi connectivity index (χ1v) is 7.71. The van der Waals surface area contributed by atoms with E-state index >= 15 is 0 Å². The molecule has 0 N–H and O–H groups in total. The quantitative estimate of drug-likeness (QED) is 0.692. The second-order valence-corrected chi connectivity index (χ2v) is 5.82. The van der Waals surface area contributed by atoms with Gasteiger partial charge in [-0.3, -0.25) is 0 Å². The van der Waals surface area contributed by atoms with Crippen LogP contribution in [0.15, 0.2) is 0 Å². The molecule has 0 aromatic carbocycles. The van der Waals surface area contributed by atoms with Crippen molar-refractivity contribution in [3.8, 4) is 0 Å². The minimum absolute atomic E-state index is 0.195. The summed E-state index contributed by atoms with van der Waals surface area (Å²) < 4.78 is 6.42. The molecule has 0 saturated heterocycles. The van der Waals surface area contributed by atoms with Crippen molar-refractivity contribution < 1.29 is 4.74 Å². The van der Waals surface area contributed by atoms with E-state index in [2.05, 4.69) is 15.9 Å². The van der Waals surface area contributed by atoms with Crippen molar-refractivity contribution in [2.24, 2.45) is 0 Å². The van der Waals surface area contributed by atoms with E-state index in [9.17, 15) is 0 Å². The highest BCUT2D eigenvalue weighted by molar-refractivity contribution is 9.09. The summed E-state index contributed by atoms with van der Waals surface area (Å²) in [5, 5.41) is 1.04. The summed E-state index contributed by atoms with van der Waals surface area (Å²) in [6.45, 7) is 0. The van der Waals surface area contributed by atoms with Crippen LogP contribution >= 0.6 is 15.9 Å². The van der Waals surface area contributed by atoms with E-state index in [1.54, 1.807) is 0 Å². The van der Waals surface area contributed by atoms with Crippen molar-refractivity contribution in [3.05, 3.63) is 0 Å². The van der Waals surface area contributed by atoms with E-state index in [0.717, 1.165) is 5.33 Å². The fraction of sp³-hybridized carbons (Fsp3) is 1.00. The SMILES string of the molecule is BrCC1(OC2CCCCC2)CCCCC1. The Labute approximate surface area is 102 Å². The molecule has 2 aliphatic rings. The number of alkyl halides is 1. The van der Waals surface area contributed by atoms with Gasteiger partial charge in [-0.05, 0) is 25.7 Å². The Morgan fingerprint density at radius 3 is 2.13 bits per heavy atom. The number of hydrogen-bond donors (Lipinski definition) is 0. The molecular weight excluding hydrogens is 252 g/mol. The largest absolute Gasteiger partial charge is 0.371 e. The van der Waals surface area contributed by atoms with E-state index in [0.29, 0.717) is 6.10 Å². The third kappa shape index (κ3) is 3.20. The number of hydrogen-bond acceptors (Lipinski definition) is 1. The molecule has 0 radical (unpaired) electrons. The molecule has 2 fully saturated rings. The highest BCUT2D eigenvalue weighted by Gasteiger charge is 2.34. The standard InChI is InChI=1S/C13H23BrO/c14-11-13(9-5-2-6-10-13)15-12-7-3-1-4-8-12/h12H,1-11H2. The fourth-order valence-electron chi connectivity index (χ4n) is 3.02. The Balaban J connectivity index is 1.87. The molecule has 88 valence electrons. The molecule has 0 bridgehead atoms. The van der Waals surface area contributed by atoms with Gasteiger partial charge in [-0.1, -0.05) is 54.5 Å². The van der Waals surface area contributed by atoms with Gasteiger partial charge in [-0.2, -0.15) is 0 Å². The monoisotopic (exact) mass is 274 g/mol. The average Bonchev–Trinajstić information content (AvgIpc) is 2.32. The third-order valence-electron chi connectivity index (χ3n) is 3.98. The van der Waals surface area contributed by atoms with Crippen molar-refractivity contribution in [3.63, 3.8) is 0 Å². The molecular formula is C13H23BrO. The lowest BCUT2D eigenvalue weighted by atomic mass is 9.85. The van der Waals surface area contributed by atoms with Crippen LogP contribution in [0.25, 0.3) is 0 Å². The molecule has 2 heteroatoms. The molecule has 0 spiro atoms. The van der Waals surface area contributed by atoms with Gasteiger partial charge in [0.25, 0.3) is 0 Å². The van der Waals surface area contributed by atoms with Crippen LogP contribution in [0.5, 0.6) is 0 Å². The maximum atomic E-state index is 6.42. The molecule has 0 aromatic rings. The second-order valence-electron chi connectivity index (χ2n) is 5.26. The zero-order valence-electron chi connectivity index (χ0n) is 9.64. The summed E-state index contributed by atoms with van der Waals surface area (Å²) in [6, 6.07) is 0. The van der Waals surface area contributed by atoms with Crippen molar-refractivity contribution in [1.29, 1.82) is 0 Å². The van der Waals surface area contributed by atoms with Gasteiger partial charge in [0.1, 0.15) is 0 Å². The lowest BCUT2D eigenvalue weighted by molar-refractivity contribution is -0.108. The van der Waals surface area contributed by atoms with Crippen LogP contribution < -0.4 is 0 Å². The van der Waals surface area contributed by atoms with Crippen LogP contribution in [0.1, 0.15) is 64.2 Å². The molecule has 0 aliphatic heterocycles. The predicted molar refractivity (Wildman–Crippen MR) is 67.6 cm³/mol. The van der Waals surface area contributed by atoms with Gasteiger partial charge in [0, 0.05) is 5.33 Å². The third-order valence-corrected chi connectivity index (χ3v) is 5.00. The highest BCUT2D eigenvalue weighted by Crippen LogP contribution is 2.36. The normalized spacial score (nSPS) is 27.8. The van der Waals surface area contributed by atoms with Crippen LogP contribution in [0.2, 0.25) is 0 Å². The second kappa shape index (κ2) is 5.67. The van der Waals surface area contributed by atoms with E-state index < -0.39 is 0 Å². The number of halogens is 1. The summed E-state index contributed by atoms with van der Waals surface area (Å²) >= 11 is 3.67. The molecule has 2 rings (SSSR count).